The number of nitrogens with one attached hydrogen (secondary N) is 4. The zero-order valence-corrected chi connectivity index (χ0v) is 19.4. The molecule has 14 nitrogen and oxygen atoms in total. The number of hydrogen-bond acceptors (Lipinski definition) is 10. The molecule has 2 aromatic heterocycles. The van der Waals surface area contributed by atoms with Gasteiger partial charge in [-0.3, -0.25) is 0 Å². The number of imidazole rings is 2. The number of H-pyrrole nitrogens is 2. The van der Waals surface area contributed by atoms with Gasteiger partial charge in [-0.15, -0.1) is 0 Å². The number of para-hydroxylation sites is 4. The molecule has 0 amide bonds. The molecule has 0 aliphatic heterocycles. The Bertz CT molecular complexity index is 1020. The third kappa shape index (κ3) is 11.8. The predicted octanol–water partition coefficient (Wildman–Crippen LogP) is 1.92. The molecule has 35 heavy (non-hydrogen) atoms. The molecule has 2 aromatic carbocycles. The molecule has 0 saturated heterocycles. The molecular formula is C20H24N8NiO6. The standard InChI is InChI=1S/C20H24N6.2NO3.Ni/c1-2-6-16-15(5-1)23-19(24-16)9-11-21-13-14-22-12-10-20-25-17-7-3-4-8-18(17)26-20;2*2-1(3)4;/h1-8,21-22H,9-14H2,(H,23,24)(H,25,26);;;/q;2*-1;+2. The number of benzene rings is 2. The first-order chi connectivity index (χ1) is 16.3. The van der Waals surface area contributed by atoms with Crippen molar-refractivity contribution in [1.29, 1.82) is 0 Å². The van der Waals surface area contributed by atoms with Gasteiger partial charge in [0.2, 0.25) is 0 Å². The summed E-state index contributed by atoms with van der Waals surface area (Å²) in [6.45, 7) is 3.73. The minimum absolute atomic E-state index is 0. The minimum atomic E-state index is -1.75. The number of hydrogen-bond donors (Lipinski definition) is 4. The van der Waals surface area contributed by atoms with Gasteiger partial charge in [-0.05, 0) is 24.3 Å². The second-order valence-electron chi connectivity index (χ2n) is 6.85. The van der Waals surface area contributed by atoms with Crippen LogP contribution in [-0.2, 0) is 29.3 Å². The van der Waals surface area contributed by atoms with Crippen LogP contribution in [0.4, 0.5) is 0 Å². The van der Waals surface area contributed by atoms with Gasteiger partial charge in [0.15, 0.2) is 0 Å². The number of nitrogens with zero attached hydrogens (tertiary/aromatic N) is 4. The van der Waals surface area contributed by atoms with E-state index in [-0.39, 0.29) is 16.5 Å². The van der Waals surface area contributed by atoms with E-state index >= 15 is 0 Å². The summed E-state index contributed by atoms with van der Waals surface area (Å²) in [5, 5.41) is 36.4. The second kappa shape index (κ2) is 15.9. The summed E-state index contributed by atoms with van der Waals surface area (Å²) in [7, 11) is 0. The van der Waals surface area contributed by atoms with Crippen molar-refractivity contribution in [3.8, 4) is 0 Å². The first-order valence-electron chi connectivity index (χ1n) is 10.3. The normalized spacial score (nSPS) is 9.94. The van der Waals surface area contributed by atoms with E-state index in [2.05, 4.69) is 42.7 Å². The molecule has 0 unspecified atom stereocenters. The molecule has 4 aromatic rings. The van der Waals surface area contributed by atoms with Crippen molar-refractivity contribution in [3.05, 3.63) is 90.8 Å². The van der Waals surface area contributed by atoms with Crippen molar-refractivity contribution in [2.24, 2.45) is 0 Å². The summed E-state index contributed by atoms with van der Waals surface area (Å²) in [6, 6.07) is 16.3. The summed E-state index contributed by atoms with van der Waals surface area (Å²) in [5.41, 5.74) is 4.29. The molecule has 0 fully saturated rings. The predicted molar refractivity (Wildman–Crippen MR) is 126 cm³/mol. The smallest absolute Gasteiger partial charge is 0.356 e. The molecule has 0 atom stereocenters. The van der Waals surface area contributed by atoms with Crippen LogP contribution < -0.4 is 10.6 Å². The van der Waals surface area contributed by atoms with E-state index in [1.807, 2.05) is 36.4 Å². The molecule has 0 spiro atoms. The molecule has 4 rings (SSSR count). The molecule has 0 radical (unpaired) electrons. The van der Waals surface area contributed by atoms with Crippen LogP contribution >= 0.6 is 0 Å². The fourth-order valence-electron chi connectivity index (χ4n) is 3.09. The first-order valence-corrected chi connectivity index (χ1v) is 10.3. The molecule has 190 valence electrons. The van der Waals surface area contributed by atoms with Gasteiger partial charge < -0.3 is 51.2 Å². The van der Waals surface area contributed by atoms with Gasteiger partial charge >= 0.3 is 16.5 Å². The second-order valence-corrected chi connectivity index (χ2v) is 6.85. The summed E-state index contributed by atoms with van der Waals surface area (Å²) in [4.78, 5) is 32.4. The van der Waals surface area contributed by atoms with Crippen molar-refractivity contribution in [3.63, 3.8) is 0 Å². The van der Waals surface area contributed by atoms with Crippen molar-refractivity contribution < 1.29 is 26.7 Å². The Hall–Kier alpha value is -3.81. The number of rotatable bonds is 9. The third-order valence-electron chi connectivity index (χ3n) is 4.43. The van der Waals surface area contributed by atoms with Crippen molar-refractivity contribution in [2.45, 2.75) is 12.8 Å². The molecular weight excluding hydrogens is 507 g/mol. The number of fused-ring (bicyclic) bond motifs is 2. The van der Waals surface area contributed by atoms with Crippen molar-refractivity contribution in [2.75, 3.05) is 26.2 Å². The van der Waals surface area contributed by atoms with Crippen LogP contribution in [0.15, 0.2) is 48.5 Å². The van der Waals surface area contributed by atoms with Gasteiger partial charge in [0, 0.05) is 39.0 Å². The minimum Gasteiger partial charge on any atom is -0.356 e. The maximum absolute atomic E-state index is 8.25. The van der Waals surface area contributed by atoms with E-state index in [4.69, 9.17) is 30.6 Å². The van der Waals surface area contributed by atoms with Crippen molar-refractivity contribution >= 4 is 22.1 Å². The average Bonchev–Trinajstić information content (AvgIpc) is 3.38. The van der Waals surface area contributed by atoms with E-state index in [0.717, 1.165) is 72.7 Å². The Kier molecular flexibility index (Phi) is 13.3. The van der Waals surface area contributed by atoms with Crippen LogP contribution in [0.5, 0.6) is 0 Å². The SMILES string of the molecule is O=[N+]([O-])[O-].O=[N+]([O-])[O-].[Ni+2].c1ccc2[nH]c(CCNCCNCCc3nc4ccccc4[nH]3)nc2c1. The van der Waals surface area contributed by atoms with Crippen LogP contribution in [0.25, 0.3) is 22.1 Å². The van der Waals surface area contributed by atoms with Gasteiger partial charge in [0.25, 0.3) is 0 Å². The largest absolute Gasteiger partial charge is 2.00 e. The van der Waals surface area contributed by atoms with Crippen LogP contribution in [0.2, 0.25) is 0 Å². The van der Waals surface area contributed by atoms with E-state index in [1.54, 1.807) is 0 Å². The first kappa shape index (κ1) is 29.2. The van der Waals surface area contributed by atoms with Crippen LogP contribution in [0, 0.1) is 30.6 Å². The quantitative estimate of drug-likeness (QED) is 0.107. The van der Waals surface area contributed by atoms with Gasteiger partial charge in [0.05, 0.1) is 32.2 Å². The maximum Gasteiger partial charge on any atom is 2.00 e. The van der Waals surface area contributed by atoms with E-state index in [9.17, 15) is 0 Å². The summed E-state index contributed by atoms with van der Waals surface area (Å²) < 4.78 is 0. The van der Waals surface area contributed by atoms with Gasteiger partial charge in [-0.1, -0.05) is 24.3 Å². The molecule has 0 aliphatic carbocycles. The zero-order chi connectivity index (χ0) is 24.8. The molecule has 0 bridgehead atoms. The summed E-state index contributed by atoms with van der Waals surface area (Å²) in [6.07, 6.45) is 1.82. The van der Waals surface area contributed by atoms with Crippen LogP contribution in [0.1, 0.15) is 11.6 Å². The van der Waals surface area contributed by atoms with Crippen LogP contribution in [0.3, 0.4) is 0 Å². The summed E-state index contributed by atoms with van der Waals surface area (Å²) in [5.74, 6) is 2.08. The van der Waals surface area contributed by atoms with E-state index in [0.29, 0.717) is 0 Å². The Morgan fingerprint density at radius 3 is 1.34 bits per heavy atom. The molecule has 0 aliphatic rings. The van der Waals surface area contributed by atoms with Gasteiger partial charge in [0.1, 0.15) is 11.6 Å². The fraction of sp³-hybridized carbons (Fsp3) is 0.300. The average molecular weight is 531 g/mol. The molecule has 4 N–H and O–H groups in total. The third-order valence-corrected chi connectivity index (χ3v) is 4.43. The number of aromatic amines is 2. The molecule has 0 saturated carbocycles. The zero-order valence-electron chi connectivity index (χ0n) is 18.4. The van der Waals surface area contributed by atoms with E-state index < -0.39 is 10.2 Å². The van der Waals surface area contributed by atoms with Gasteiger partial charge in [-0.2, -0.15) is 0 Å². The fourth-order valence-corrected chi connectivity index (χ4v) is 3.09. The van der Waals surface area contributed by atoms with Gasteiger partial charge in [-0.25, -0.2) is 9.97 Å². The topological polar surface area (TPSA) is 214 Å². The Labute approximate surface area is 209 Å². The Morgan fingerprint density at radius 1 is 0.657 bits per heavy atom. The monoisotopic (exact) mass is 530 g/mol. The van der Waals surface area contributed by atoms with Crippen molar-refractivity contribution in [1.82, 2.24) is 30.6 Å². The Balaban J connectivity index is 0.000000598. The summed E-state index contributed by atoms with van der Waals surface area (Å²) >= 11 is 0. The molecule has 2 heterocycles. The Morgan fingerprint density at radius 2 is 1.00 bits per heavy atom. The number of aromatic nitrogens is 4. The van der Waals surface area contributed by atoms with E-state index in [1.165, 1.54) is 0 Å². The maximum atomic E-state index is 8.25. The van der Waals surface area contributed by atoms with Crippen LogP contribution in [-0.4, -0.2) is 56.3 Å². The molecule has 15 heteroatoms.